The van der Waals surface area contributed by atoms with Crippen LogP contribution in [0.1, 0.15) is 10.4 Å². The predicted molar refractivity (Wildman–Crippen MR) is 59.5 cm³/mol. The molecule has 0 aliphatic rings. The average molecular weight is 219 g/mol. The fourth-order valence-corrected chi connectivity index (χ4v) is 2.03. The van der Waals surface area contributed by atoms with Crippen LogP contribution < -0.4 is 4.74 Å². The monoisotopic (exact) mass is 219 g/mol. The molecule has 3 nitrogen and oxygen atoms in total. The molecular weight excluding hydrogens is 210 g/mol. The number of rotatable bonds is 3. The fraction of sp³-hybridized carbons (Fsp3) is 0.0909. The van der Waals surface area contributed by atoms with Crippen molar-refractivity contribution in [2.24, 2.45) is 0 Å². The maximum atomic E-state index is 10.8. The number of aromatic nitrogens is 1. The van der Waals surface area contributed by atoms with Crippen LogP contribution in [-0.2, 0) is 0 Å². The van der Waals surface area contributed by atoms with E-state index in [1.807, 2.05) is 24.3 Å². The molecule has 1 aromatic carbocycles. The molecule has 4 heteroatoms. The van der Waals surface area contributed by atoms with Gasteiger partial charge >= 0.3 is 0 Å². The van der Waals surface area contributed by atoms with Crippen molar-refractivity contribution in [3.8, 4) is 16.2 Å². The molecule has 0 saturated heterocycles. The largest absolute Gasteiger partial charge is 0.497 e. The standard InChI is InChI=1S/C11H9NO2S/c1-14-10-4-2-3-8(5-10)11-9(7-13)6-12-15-11/h2-7H,1H3. The van der Waals surface area contributed by atoms with E-state index in [1.54, 1.807) is 13.3 Å². The summed E-state index contributed by atoms with van der Waals surface area (Å²) in [4.78, 5) is 11.6. The minimum absolute atomic E-state index is 0.619. The highest BCUT2D eigenvalue weighted by Gasteiger charge is 2.07. The van der Waals surface area contributed by atoms with Gasteiger partial charge in [-0.05, 0) is 29.2 Å². The molecule has 0 saturated carbocycles. The van der Waals surface area contributed by atoms with Gasteiger partial charge in [0.05, 0.1) is 23.7 Å². The zero-order chi connectivity index (χ0) is 10.7. The summed E-state index contributed by atoms with van der Waals surface area (Å²) in [5.41, 5.74) is 1.58. The average Bonchev–Trinajstić information content (AvgIpc) is 2.77. The molecule has 0 amide bonds. The van der Waals surface area contributed by atoms with Crippen molar-refractivity contribution in [3.63, 3.8) is 0 Å². The van der Waals surface area contributed by atoms with Gasteiger partial charge in [0, 0.05) is 0 Å². The number of hydrogen-bond donors (Lipinski definition) is 0. The summed E-state index contributed by atoms with van der Waals surface area (Å²) in [6.07, 6.45) is 2.39. The first-order valence-electron chi connectivity index (χ1n) is 4.39. The lowest BCUT2D eigenvalue weighted by molar-refractivity contribution is 0.112. The van der Waals surface area contributed by atoms with Crippen molar-refractivity contribution in [1.29, 1.82) is 0 Å². The normalized spacial score (nSPS) is 9.93. The second-order valence-corrected chi connectivity index (χ2v) is 3.76. The Hall–Kier alpha value is -1.68. The first-order valence-corrected chi connectivity index (χ1v) is 5.17. The Kier molecular flexibility index (Phi) is 2.78. The van der Waals surface area contributed by atoms with E-state index in [4.69, 9.17) is 4.74 Å². The quantitative estimate of drug-likeness (QED) is 0.745. The molecule has 1 heterocycles. The predicted octanol–water partition coefficient (Wildman–Crippen LogP) is 2.63. The zero-order valence-electron chi connectivity index (χ0n) is 8.14. The highest BCUT2D eigenvalue weighted by atomic mass is 32.1. The highest BCUT2D eigenvalue weighted by molar-refractivity contribution is 7.10. The molecule has 0 unspecified atom stereocenters. The van der Waals surface area contributed by atoms with Crippen molar-refractivity contribution in [3.05, 3.63) is 36.0 Å². The van der Waals surface area contributed by atoms with Crippen LogP contribution in [0.4, 0.5) is 0 Å². The van der Waals surface area contributed by atoms with Crippen LogP contribution in [0.2, 0.25) is 0 Å². The molecule has 0 fully saturated rings. The third-order valence-electron chi connectivity index (χ3n) is 2.06. The summed E-state index contributed by atoms with van der Waals surface area (Å²) >= 11 is 1.31. The third kappa shape index (κ3) is 1.89. The van der Waals surface area contributed by atoms with Gasteiger partial charge in [-0.2, -0.15) is 4.37 Å². The van der Waals surface area contributed by atoms with Gasteiger partial charge in [-0.3, -0.25) is 4.79 Å². The SMILES string of the molecule is COc1cccc(-c2sncc2C=O)c1. The van der Waals surface area contributed by atoms with Crippen molar-refractivity contribution >= 4 is 17.8 Å². The lowest BCUT2D eigenvalue weighted by Crippen LogP contribution is -1.84. The molecular formula is C11H9NO2S. The van der Waals surface area contributed by atoms with Gasteiger partial charge in [-0.15, -0.1) is 0 Å². The smallest absolute Gasteiger partial charge is 0.153 e. The molecule has 0 spiro atoms. The van der Waals surface area contributed by atoms with Gasteiger partial charge in [0.1, 0.15) is 5.75 Å². The first kappa shape index (κ1) is 9.86. The molecule has 0 aliphatic carbocycles. The Balaban J connectivity index is 2.48. The first-order chi connectivity index (χ1) is 7.35. The lowest BCUT2D eigenvalue weighted by atomic mass is 10.1. The van der Waals surface area contributed by atoms with Crippen LogP contribution in [0.5, 0.6) is 5.75 Å². The van der Waals surface area contributed by atoms with Crippen LogP contribution in [0.25, 0.3) is 10.4 Å². The van der Waals surface area contributed by atoms with Crippen molar-refractivity contribution < 1.29 is 9.53 Å². The molecule has 0 aliphatic heterocycles. The lowest BCUT2D eigenvalue weighted by Gasteiger charge is -2.02. The van der Waals surface area contributed by atoms with Crippen LogP contribution in [0.15, 0.2) is 30.5 Å². The molecule has 0 atom stereocenters. The van der Waals surface area contributed by atoms with E-state index in [0.29, 0.717) is 5.56 Å². The van der Waals surface area contributed by atoms with Crippen LogP contribution in [-0.4, -0.2) is 17.8 Å². The van der Waals surface area contributed by atoms with Crippen LogP contribution in [0.3, 0.4) is 0 Å². The summed E-state index contributed by atoms with van der Waals surface area (Å²) in [6, 6.07) is 7.58. The summed E-state index contributed by atoms with van der Waals surface area (Å²) in [6.45, 7) is 0. The maximum absolute atomic E-state index is 10.8. The number of hydrogen-bond acceptors (Lipinski definition) is 4. The Morgan fingerprint density at radius 2 is 2.33 bits per heavy atom. The second kappa shape index (κ2) is 4.23. The number of nitrogens with zero attached hydrogens (tertiary/aromatic N) is 1. The molecule has 0 bridgehead atoms. The van der Waals surface area contributed by atoms with Crippen LogP contribution in [0, 0.1) is 0 Å². The van der Waals surface area contributed by atoms with E-state index >= 15 is 0 Å². The number of benzene rings is 1. The molecule has 2 rings (SSSR count). The van der Waals surface area contributed by atoms with E-state index < -0.39 is 0 Å². The topological polar surface area (TPSA) is 39.2 Å². The summed E-state index contributed by atoms with van der Waals surface area (Å²) in [5.74, 6) is 0.776. The van der Waals surface area contributed by atoms with Crippen molar-refractivity contribution in [2.75, 3.05) is 7.11 Å². The van der Waals surface area contributed by atoms with Crippen molar-refractivity contribution in [1.82, 2.24) is 4.37 Å². The van der Waals surface area contributed by atoms with E-state index in [0.717, 1.165) is 22.5 Å². The van der Waals surface area contributed by atoms with Gasteiger partial charge in [0.25, 0.3) is 0 Å². The molecule has 2 aromatic rings. The molecule has 1 aromatic heterocycles. The maximum Gasteiger partial charge on any atom is 0.153 e. The van der Waals surface area contributed by atoms with E-state index in [1.165, 1.54) is 11.5 Å². The summed E-state index contributed by atoms with van der Waals surface area (Å²) in [5, 5.41) is 0. The fourth-order valence-electron chi connectivity index (χ4n) is 1.31. The van der Waals surface area contributed by atoms with Crippen molar-refractivity contribution in [2.45, 2.75) is 0 Å². The van der Waals surface area contributed by atoms with Gasteiger partial charge < -0.3 is 4.74 Å². The third-order valence-corrected chi connectivity index (χ3v) is 2.92. The Labute approximate surface area is 91.5 Å². The highest BCUT2D eigenvalue weighted by Crippen LogP contribution is 2.29. The number of ether oxygens (including phenoxy) is 1. The van der Waals surface area contributed by atoms with Gasteiger partial charge in [0.2, 0.25) is 0 Å². The number of aldehydes is 1. The Morgan fingerprint density at radius 1 is 1.47 bits per heavy atom. The molecule has 0 N–H and O–H groups in total. The number of carbonyl (C=O) groups is 1. The number of methoxy groups -OCH3 is 1. The molecule has 15 heavy (non-hydrogen) atoms. The van der Waals surface area contributed by atoms with E-state index in [2.05, 4.69) is 4.37 Å². The minimum Gasteiger partial charge on any atom is -0.497 e. The molecule has 76 valence electrons. The Morgan fingerprint density at radius 3 is 3.07 bits per heavy atom. The second-order valence-electron chi connectivity index (χ2n) is 2.96. The zero-order valence-corrected chi connectivity index (χ0v) is 8.95. The summed E-state index contributed by atoms with van der Waals surface area (Å²) < 4.78 is 9.12. The van der Waals surface area contributed by atoms with Gasteiger partial charge in [0.15, 0.2) is 6.29 Å². The summed E-state index contributed by atoms with van der Waals surface area (Å²) in [7, 11) is 1.62. The van der Waals surface area contributed by atoms with Gasteiger partial charge in [-0.25, -0.2) is 0 Å². The van der Waals surface area contributed by atoms with Gasteiger partial charge in [-0.1, -0.05) is 12.1 Å². The van der Waals surface area contributed by atoms with Crippen LogP contribution >= 0.6 is 11.5 Å². The minimum atomic E-state index is 0.619. The van der Waals surface area contributed by atoms with E-state index in [-0.39, 0.29) is 0 Å². The van der Waals surface area contributed by atoms with E-state index in [9.17, 15) is 4.79 Å². The Bertz CT molecular complexity index is 479. The molecule has 0 radical (unpaired) electrons. The number of carbonyl (C=O) groups excluding carboxylic acids is 1.